The maximum Gasteiger partial charge on any atom is 0.124 e. The van der Waals surface area contributed by atoms with Crippen molar-refractivity contribution in [3.63, 3.8) is 0 Å². The molecule has 0 radical (unpaired) electrons. The van der Waals surface area contributed by atoms with Crippen molar-refractivity contribution in [3.05, 3.63) is 27.6 Å². The smallest absolute Gasteiger partial charge is 0.124 e. The normalized spacial score (nSPS) is 24.1. The van der Waals surface area contributed by atoms with Gasteiger partial charge in [0.25, 0.3) is 0 Å². The summed E-state index contributed by atoms with van der Waals surface area (Å²) >= 11 is 2.12. The Labute approximate surface area is 114 Å². The van der Waals surface area contributed by atoms with Crippen molar-refractivity contribution in [1.82, 2.24) is 0 Å². The Kier molecular flexibility index (Phi) is 4.21. The first-order valence-electron chi connectivity index (χ1n) is 5.82. The van der Waals surface area contributed by atoms with Gasteiger partial charge in [0.1, 0.15) is 5.82 Å². The van der Waals surface area contributed by atoms with Gasteiger partial charge < -0.3 is 5.32 Å². The van der Waals surface area contributed by atoms with E-state index >= 15 is 0 Å². The summed E-state index contributed by atoms with van der Waals surface area (Å²) < 4.78 is 13.8. The first kappa shape index (κ1) is 12.6. The Hall–Kier alpha value is -0.830. The third kappa shape index (κ3) is 3.09. The van der Waals surface area contributed by atoms with E-state index in [0.29, 0.717) is 0 Å². The summed E-state index contributed by atoms with van der Waals surface area (Å²) in [6, 6.07) is 7.28. The molecule has 0 aromatic heterocycles. The van der Waals surface area contributed by atoms with Crippen LogP contribution in [0.15, 0.2) is 18.2 Å². The van der Waals surface area contributed by atoms with Crippen LogP contribution in [-0.4, -0.2) is 6.04 Å². The highest BCUT2D eigenvalue weighted by Gasteiger charge is 2.25. The maximum atomic E-state index is 13.0. The molecule has 0 heterocycles. The number of benzene rings is 1. The van der Waals surface area contributed by atoms with Crippen LogP contribution in [0.1, 0.15) is 25.7 Å². The minimum atomic E-state index is -0.222. The number of rotatable bonds is 2. The number of nitrogens with zero attached hydrogens (tertiary/aromatic N) is 1. The number of nitriles is 1. The van der Waals surface area contributed by atoms with Crippen LogP contribution in [0.25, 0.3) is 0 Å². The van der Waals surface area contributed by atoms with E-state index < -0.39 is 0 Å². The number of anilines is 1. The van der Waals surface area contributed by atoms with Crippen molar-refractivity contribution in [2.75, 3.05) is 5.32 Å². The van der Waals surface area contributed by atoms with E-state index in [-0.39, 0.29) is 17.8 Å². The average molecular weight is 344 g/mol. The van der Waals surface area contributed by atoms with E-state index in [2.05, 4.69) is 34.0 Å². The predicted molar refractivity (Wildman–Crippen MR) is 74.1 cm³/mol. The highest BCUT2D eigenvalue weighted by Crippen LogP contribution is 2.28. The highest BCUT2D eigenvalue weighted by molar-refractivity contribution is 14.1. The Morgan fingerprint density at radius 2 is 2.12 bits per heavy atom. The van der Waals surface area contributed by atoms with Gasteiger partial charge in [-0.2, -0.15) is 5.26 Å². The number of hydrogen-bond acceptors (Lipinski definition) is 2. The third-order valence-electron chi connectivity index (χ3n) is 3.20. The monoisotopic (exact) mass is 344 g/mol. The highest BCUT2D eigenvalue weighted by atomic mass is 127. The van der Waals surface area contributed by atoms with E-state index in [1.54, 1.807) is 6.07 Å². The molecule has 90 valence electrons. The molecule has 0 aliphatic heterocycles. The van der Waals surface area contributed by atoms with Gasteiger partial charge in [-0.3, -0.25) is 0 Å². The molecular formula is C13H14FIN2. The summed E-state index contributed by atoms with van der Waals surface area (Å²) in [6.45, 7) is 0. The lowest BCUT2D eigenvalue weighted by Gasteiger charge is -2.28. The van der Waals surface area contributed by atoms with Crippen molar-refractivity contribution in [2.45, 2.75) is 31.7 Å². The molecular weight excluding hydrogens is 330 g/mol. The van der Waals surface area contributed by atoms with E-state index in [1.165, 1.54) is 12.1 Å². The second-order valence-electron chi connectivity index (χ2n) is 4.40. The molecule has 0 saturated heterocycles. The summed E-state index contributed by atoms with van der Waals surface area (Å²) in [5.41, 5.74) is 0.930. The van der Waals surface area contributed by atoms with E-state index in [0.717, 1.165) is 34.9 Å². The van der Waals surface area contributed by atoms with Crippen molar-refractivity contribution in [1.29, 1.82) is 5.26 Å². The molecule has 1 N–H and O–H groups in total. The second-order valence-corrected chi connectivity index (χ2v) is 5.56. The second kappa shape index (κ2) is 5.67. The summed E-state index contributed by atoms with van der Waals surface area (Å²) in [7, 11) is 0. The maximum absolute atomic E-state index is 13.0. The van der Waals surface area contributed by atoms with Crippen LogP contribution in [-0.2, 0) is 0 Å². The first-order valence-corrected chi connectivity index (χ1v) is 6.90. The SMILES string of the molecule is N#CC1CCCCC1Nc1ccc(F)cc1I. The Morgan fingerprint density at radius 1 is 1.35 bits per heavy atom. The third-order valence-corrected chi connectivity index (χ3v) is 4.10. The average Bonchev–Trinajstić information content (AvgIpc) is 2.33. The topological polar surface area (TPSA) is 35.8 Å². The molecule has 0 amide bonds. The molecule has 1 fully saturated rings. The van der Waals surface area contributed by atoms with Gasteiger partial charge in [0, 0.05) is 15.3 Å². The van der Waals surface area contributed by atoms with Crippen molar-refractivity contribution < 1.29 is 4.39 Å². The van der Waals surface area contributed by atoms with Gasteiger partial charge in [-0.05, 0) is 53.6 Å². The molecule has 2 nitrogen and oxygen atoms in total. The zero-order chi connectivity index (χ0) is 12.3. The zero-order valence-corrected chi connectivity index (χ0v) is 11.6. The summed E-state index contributed by atoms with van der Waals surface area (Å²) in [6.07, 6.45) is 4.28. The minimum absolute atomic E-state index is 0.0737. The van der Waals surface area contributed by atoms with Gasteiger partial charge in [0.15, 0.2) is 0 Å². The van der Waals surface area contributed by atoms with Gasteiger partial charge in [0.2, 0.25) is 0 Å². The van der Waals surface area contributed by atoms with Gasteiger partial charge >= 0.3 is 0 Å². The fourth-order valence-electron chi connectivity index (χ4n) is 2.26. The molecule has 4 heteroatoms. The van der Waals surface area contributed by atoms with Crippen molar-refractivity contribution in [3.8, 4) is 6.07 Å². The first-order chi connectivity index (χ1) is 8.20. The van der Waals surface area contributed by atoms with Crippen LogP contribution < -0.4 is 5.32 Å². The summed E-state index contributed by atoms with van der Waals surface area (Å²) in [5.74, 6) is -0.148. The van der Waals surface area contributed by atoms with Gasteiger partial charge in [-0.15, -0.1) is 0 Å². The Morgan fingerprint density at radius 3 is 2.82 bits per heavy atom. The molecule has 0 bridgehead atoms. The van der Waals surface area contributed by atoms with Crippen LogP contribution in [0.4, 0.5) is 10.1 Å². The Balaban J connectivity index is 2.11. The van der Waals surface area contributed by atoms with Gasteiger partial charge in [-0.25, -0.2) is 4.39 Å². The number of nitrogens with one attached hydrogen (secondary N) is 1. The van der Waals surface area contributed by atoms with Crippen LogP contribution in [0.5, 0.6) is 0 Å². The van der Waals surface area contributed by atoms with E-state index in [9.17, 15) is 4.39 Å². The largest absolute Gasteiger partial charge is 0.380 e. The lowest BCUT2D eigenvalue weighted by molar-refractivity contribution is 0.388. The number of hydrogen-bond donors (Lipinski definition) is 1. The molecule has 2 rings (SSSR count). The van der Waals surface area contributed by atoms with Crippen LogP contribution in [0, 0.1) is 26.6 Å². The molecule has 0 spiro atoms. The van der Waals surface area contributed by atoms with E-state index in [4.69, 9.17) is 5.26 Å². The fourth-order valence-corrected chi connectivity index (χ4v) is 2.90. The fraction of sp³-hybridized carbons (Fsp3) is 0.462. The van der Waals surface area contributed by atoms with Gasteiger partial charge in [-0.1, -0.05) is 12.8 Å². The van der Waals surface area contributed by atoms with Crippen LogP contribution >= 0.6 is 22.6 Å². The van der Waals surface area contributed by atoms with Crippen LogP contribution in [0.3, 0.4) is 0 Å². The molecule has 17 heavy (non-hydrogen) atoms. The standard InChI is InChI=1S/C13H14FIN2/c14-10-5-6-13(11(15)7-10)17-12-4-2-1-3-9(12)8-16/h5-7,9,12,17H,1-4H2. The summed E-state index contributed by atoms with van der Waals surface area (Å²) in [5, 5.41) is 12.5. The number of halogens is 2. The quantitative estimate of drug-likeness (QED) is 0.826. The predicted octanol–water partition coefficient (Wildman–Crippen LogP) is 3.92. The Bertz CT molecular complexity index is 442. The van der Waals surface area contributed by atoms with E-state index in [1.807, 2.05) is 0 Å². The molecule has 1 aliphatic rings. The van der Waals surface area contributed by atoms with Crippen molar-refractivity contribution in [2.24, 2.45) is 5.92 Å². The lowest BCUT2D eigenvalue weighted by atomic mass is 9.85. The lowest BCUT2D eigenvalue weighted by Crippen LogP contribution is -2.31. The molecule has 1 saturated carbocycles. The zero-order valence-electron chi connectivity index (χ0n) is 9.42. The molecule has 1 aromatic rings. The van der Waals surface area contributed by atoms with Gasteiger partial charge in [0.05, 0.1) is 12.0 Å². The molecule has 1 aliphatic carbocycles. The molecule has 2 unspecified atom stereocenters. The minimum Gasteiger partial charge on any atom is -0.380 e. The molecule has 2 atom stereocenters. The van der Waals surface area contributed by atoms with Crippen molar-refractivity contribution >= 4 is 28.3 Å². The molecule has 1 aromatic carbocycles. The van der Waals surface area contributed by atoms with Crippen LogP contribution in [0.2, 0.25) is 0 Å². The summed E-state index contributed by atoms with van der Waals surface area (Å²) in [4.78, 5) is 0.